The van der Waals surface area contributed by atoms with Crippen LogP contribution in [0, 0.1) is 0 Å². The lowest BCUT2D eigenvalue weighted by Gasteiger charge is -2.05. The summed E-state index contributed by atoms with van der Waals surface area (Å²) in [6.45, 7) is 0. The number of nitrogens with two attached hydrogens (primary N) is 1. The molecule has 1 unspecified atom stereocenters. The van der Waals surface area contributed by atoms with E-state index in [-0.39, 0.29) is 5.88 Å². The van der Waals surface area contributed by atoms with Gasteiger partial charge in [0.25, 0.3) is 0 Å². The van der Waals surface area contributed by atoms with Gasteiger partial charge >= 0.3 is 0 Å². The summed E-state index contributed by atoms with van der Waals surface area (Å²) in [6.07, 6.45) is -0.750. The van der Waals surface area contributed by atoms with Gasteiger partial charge in [-0.05, 0) is 11.4 Å². The topological polar surface area (TPSA) is 72.5 Å². The lowest BCUT2D eigenvalue weighted by Crippen LogP contribution is -2.07. The summed E-state index contributed by atoms with van der Waals surface area (Å²) in [5.41, 5.74) is 5.26. The van der Waals surface area contributed by atoms with Crippen molar-refractivity contribution in [3.8, 4) is 0 Å². The molecule has 1 aromatic heterocycles. The van der Waals surface area contributed by atoms with E-state index >= 15 is 0 Å². The Morgan fingerprint density at radius 3 is 2.85 bits per heavy atom. The highest BCUT2D eigenvalue weighted by atomic mass is 32.1. The first-order valence-corrected chi connectivity index (χ1v) is 4.51. The van der Waals surface area contributed by atoms with Crippen molar-refractivity contribution in [2.24, 2.45) is 5.73 Å². The van der Waals surface area contributed by atoms with E-state index < -0.39 is 17.6 Å². The SMILES string of the molecule is NC1=C(O)C(=O)C(c2cccs2)O1. The van der Waals surface area contributed by atoms with Crippen molar-refractivity contribution < 1.29 is 14.6 Å². The number of ether oxygens (including phenoxy) is 1. The van der Waals surface area contributed by atoms with Crippen LogP contribution in [0.4, 0.5) is 0 Å². The maximum absolute atomic E-state index is 11.3. The van der Waals surface area contributed by atoms with Gasteiger partial charge in [-0.3, -0.25) is 4.79 Å². The van der Waals surface area contributed by atoms with Crippen molar-refractivity contribution in [3.05, 3.63) is 34.0 Å². The summed E-state index contributed by atoms with van der Waals surface area (Å²) >= 11 is 1.39. The number of hydrogen-bond acceptors (Lipinski definition) is 5. The van der Waals surface area contributed by atoms with E-state index in [4.69, 9.17) is 15.6 Å². The molecule has 4 nitrogen and oxygen atoms in total. The second kappa shape index (κ2) is 2.77. The lowest BCUT2D eigenvalue weighted by atomic mass is 10.2. The molecule has 1 aromatic rings. The maximum Gasteiger partial charge on any atom is 0.248 e. The van der Waals surface area contributed by atoms with Gasteiger partial charge in [-0.2, -0.15) is 0 Å². The van der Waals surface area contributed by atoms with Gasteiger partial charge in [0.1, 0.15) is 0 Å². The molecule has 0 aliphatic carbocycles. The third-order valence-corrected chi connectivity index (χ3v) is 2.67. The quantitative estimate of drug-likeness (QED) is 0.706. The van der Waals surface area contributed by atoms with Gasteiger partial charge in [-0.1, -0.05) is 6.07 Å². The second-order valence-corrected chi connectivity index (χ2v) is 3.57. The number of Topliss-reactive ketones (excluding diaryl/α,β-unsaturated/α-hetero) is 1. The Bertz CT molecular complexity index is 369. The van der Waals surface area contributed by atoms with E-state index in [9.17, 15) is 4.79 Å². The average Bonchev–Trinajstić information content (AvgIpc) is 2.70. The van der Waals surface area contributed by atoms with Crippen molar-refractivity contribution in [3.63, 3.8) is 0 Å². The van der Waals surface area contributed by atoms with E-state index in [1.54, 1.807) is 6.07 Å². The van der Waals surface area contributed by atoms with Gasteiger partial charge in [0.05, 0.1) is 4.88 Å². The standard InChI is InChI=1S/C8H7NO3S/c9-8-6(11)5(10)7(12-8)4-2-1-3-13-4/h1-3,7,11H,9H2. The Hall–Kier alpha value is -1.49. The summed E-state index contributed by atoms with van der Waals surface area (Å²) in [5, 5.41) is 11.0. The number of hydrogen-bond donors (Lipinski definition) is 2. The first kappa shape index (κ1) is 8.12. The molecular formula is C8H7NO3S. The summed E-state index contributed by atoms with van der Waals surface area (Å²) in [4.78, 5) is 12.1. The minimum atomic E-state index is -0.750. The van der Waals surface area contributed by atoms with Crippen molar-refractivity contribution in [1.82, 2.24) is 0 Å². The molecule has 13 heavy (non-hydrogen) atoms. The molecule has 1 aliphatic rings. The summed E-state index contributed by atoms with van der Waals surface area (Å²) in [6, 6.07) is 3.57. The number of rotatable bonds is 1. The van der Waals surface area contributed by atoms with Crippen LogP contribution in [-0.4, -0.2) is 10.9 Å². The highest BCUT2D eigenvalue weighted by Gasteiger charge is 2.35. The summed E-state index contributed by atoms with van der Waals surface area (Å²) in [7, 11) is 0. The van der Waals surface area contributed by atoms with E-state index in [1.165, 1.54) is 11.3 Å². The number of thiophene rings is 1. The van der Waals surface area contributed by atoms with Crippen LogP contribution in [0.15, 0.2) is 29.2 Å². The minimum Gasteiger partial charge on any atom is -0.501 e. The fourth-order valence-electron chi connectivity index (χ4n) is 1.11. The van der Waals surface area contributed by atoms with Crippen molar-refractivity contribution in [2.75, 3.05) is 0 Å². The fraction of sp³-hybridized carbons (Fsp3) is 0.125. The van der Waals surface area contributed by atoms with Gasteiger partial charge in [-0.25, -0.2) is 0 Å². The normalized spacial score (nSPS) is 22.2. The Kier molecular flexibility index (Phi) is 1.73. The average molecular weight is 197 g/mol. The largest absolute Gasteiger partial charge is 0.501 e. The molecule has 5 heteroatoms. The molecule has 0 fully saturated rings. The van der Waals surface area contributed by atoms with Gasteiger partial charge in [0, 0.05) is 0 Å². The summed E-state index contributed by atoms with van der Waals surface area (Å²) < 4.78 is 5.00. The van der Waals surface area contributed by atoms with Crippen LogP contribution in [0.1, 0.15) is 11.0 Å². The second-order valence-electron chi connectivity index (χ2n) is 2.59. The number of aliphatic hydroxyl groups excluding tert-OH is 1. The molecular weight excluding hydrogens is 190 g/mol. The number of aliphatic hydroxyl groups is 1. The van der Waals surface area contributed by atoms with Gasteiger partial charge in [0.15, 0.2) is 0 Å². The molecule has 2 heterocycles. The molecule has 0 amide bonds. The smallest absolute Gasteiger partial charge is 0.248 e. The molecule has 3 N–H and O–H groups in total. The number of ketones is 1. The highest BCUT2D eigenvalue weighted by Crippen LogP contribution is 2.31. The Morgan fingerprint density at radius 1 is 1.62 bits per heavy atom. The van der Waals surface area contributed by atoms with Crippen LogP contribution in [0.25, 0.3) is 0 Å². The van der Waals surface area contributed by atoms with Crippen LogP contribution < -0.4 is 5.73 Å². The van der Waals surface area contributed by atoms with Gasteiger partial charge in [0.2, 0.25) is 23.5 Å². The van der Waals surface area contributed by atoms with Crippen LogP contribution in [0.2, 0.25) is 0 Å². The van der Waals surface area contributed by atoms with Crippen LogP contribution >= 0.6 is 11.3 Å². The summed E-state index contributed by atoms with van der Waals surface area (Å²) in [5.74, 6) is -1.14. The van der Waals surface area contributed by atoms with Crippen LogP contribution in [0.3, 0.4) is 0 Å². The fourth-order valence-corrected chi connectivity index (χ4v) is 1.86. The Labute approximate surface area is 78.2 Å². The monoisotopic (exact) mass is 197 g/mol. The van der Waals surface area contributed by atoms with E-state index in [0.717, 1.165) is 4.88 Å². The van der Waals surface area contributed by atoms with Crippen LogP contribution in [0.5, 0.6) is 0 Å². The minimum absolute atomic E-state index is 0.191. The van der Waals surface area contributed by atoms with E-state index in [2.05, 4.69) is 0 Å². The molecule has 68 valence electrons. The molecule has 0 spiro atoms. The molecule has 0 radical (unpaired) electrons. The molecule has 0 aromatic carbocycles. The lowest BCUT2D eigenvalue weighted by molar-refractivity contribution is -0.123. The zero-order chi connectivity index (χ0) is 9.42. The van der Waals surface area contributed by atoms with E-state index in [0.29, 0.717) is 0 Å². The first-order chi connectivity index (χ1) is 6.20. The van der Waals surface area contributed by atoms with E-state index in [1.807, 2.05) is 11.4 Å². The van der Waals surface area contributed by atoms with Gasteiger partial charge in [-0.15, -0.1) is 11.3 Å². The Balaban J connectivity index is 2.29. The van der Waals surface area contributed by atoms with Crippen molar-refractivity contribution in [2.45, 2.75) is 6.10 Å². The number of carbonyl (C=O) groups excluding carboxylic acids is 1. The highest BCUT2D eigenvalue weighted by molar-refractivity contribution is 7.10. The third kappa shape index (κ3) is 1.17. The zero-order valence-corrected chi connectivity index (χ0v) is 7.38. The molecule has 0 saturated heterocycles. The van der Waals surface area contributed by atoms with Crippen molar-refractivity contribution >= 4 is 17.1 Å². The Morgan fingerprint density at radius 2 is 2.38 bits per heavy atom. The molecule has 1 aliphatic heterocycles. The van der Waals surface area contributed by atoms with Crippen molar-refractivity contribution in [1.29, 1.82) is 0 Å². The zero-order valence-electron chi connectivity index (χ0n) is 6.56. The predicted octanol–water partition coefficient (Wildman–Crippen LogP) is 1.07. The third-order valence-electron chi connectivity index (χ3n) is 1.75. The first-order valence-electron chi connectivity index (χ1n) is 3.63. The molecule has 1 atom stereocenters. The van der Waals surface area contributed by atoms with Crippen LogP contribution in [-0.2, 0) is 9.53 Å². The predicted molar refractivity (Wildman–Crippen MR) is 47.0 cm³/mol. The number of carbonyl (C=O) groups is 1. The molecule has 0 bridgehead atoms. The molecule has 2 rings (SSSR count). The maximum atomic E-state index is 11.3. The molecule has 0 saturated carbocycles. The van der Waals surface area contributed by atoms with Gasteiger partial charge < -0.3 is 15.6 Å².